The number of carbonyl (C=O) groups excluding carboxylic acids is 1. The summed E-state index contributed by atoms with van der Waals surface area (Å²) in [5.74, 6) is 0.264. The highest BCUT2D eigenvalue weighted by Crippen LogP contribution is 2.27. The Morgan fingerprint density at radius 2 is 1.87 bits per heavy atom. The molecule has 1 heterocycles. The van der Waals surface area contributed by atoms with Crippen LogP contribution in [0.4, 0.5) is 5.69 Å². The second-order valence-electron chi connectivity index (χ2n) is 5.20. The van der Waals surface area contributed by atoms with Gasteiger partial charge in [-0.3, -0.25) is 9.52 Å². The lowest BCUT2D eigenvalue weighted by atomic mass is 10.1. The molecule has 0 aromatic heterocycles. The Bertz CT molecular complexity index is 834. The van der Waals surface area contributed by atoms with Crippen LogP contribution in [0.1, 0.15) is 10.4 Å². The third-order valence-electron chi connectivity index (χ3n) is 3.55. The average Bonchev–Trinajstić information content (AvgIpc) is 2.68. The number of fused-ring (bicyclic) bond motifs is 1. The van der Waals surface area contributed by atoms with Gasteiger partial charge in [0.2, 0.25) is 0 Å². The Morgan fingerprint density at radius 3 is 2.61 bits per heavy atom. The number of nitrogens with zero attached hydrogens (tertiary/aromatic N) is 1. The molecule has 0 bridgehead atoms. The van der Waals surface area contributed by atoms with Gasteiger partial charge < -0.3 is 9.64 Å². The van der Waals surface area contributed by atoms with Gasteiger partial charge in [0, 0.05) is 12.7 Å². The van der Waals surface area contributed by atoms with Gasteiger partial charge in [0.05, 0.1) is 17.0 Å². The molecular weight excluding hydrogens is 316 g/mol. The number of rotatable bonds is 3. The van der Waals surface area contributed by atoms with E-state index in [1.807, 2.05) is 0 Å². The van der Waals surface area contributed by atoms with Gasteiger partial charge >= 0.3 is 0 Å². The highest BCUT2D eigenvalue weighted by atomic mass is 32.2. The Labute approximate surface area is 134 Å². The lowest BCUT2D eigenvalue weighted by Crippen LogP contribution is -2.27. The maximum absolute atomic E-state index is 12.3. The highest BCUT2D eigenvalue weighted by molar-refractivity contribution is 7.92. The molecule has 120 valence electrons. The van der Waals surface area contributed by atoms with Crippen LogP contribution in [0.3, 0.4) is 0 Å². The molecule has 0 saturated carbocycles. The molecule has 0 aliphatic carbocycles. The zero-order valence-corrected chi connectivity index (χ0v) is 13.3. The van der Waals surface area contributed by atoms with Crippen LogP contribution in [0.25, 0.3) is 0 Å². The normalized spacial score (nSPS) is 14.7. The van der Waals surface area contributed by atoms with Crippen LogP contribution in [0, 0.1) is 0 Å². The predicted octanol–water partition coefficient (Wildman–Crippen LogP) is 1.95. The maximum atomic E-state index is 12.3. The summed E-state index contributed by atoms with van der Waals surface area (Å²) in [4.78, 5) is 14.0. The molecular formula is C16H16N2O4S. The molecule has 0 unspecified atom stereocenters. The van der Waals surface area contributed by atoms with Crippen molar-refractivity contribution in [2.75, 3.05) is 24.9 Å². The third-order valence-corrected chi connectivity index (χ3v) is 4.94. The van der Waals surface area contributed by atoms with E-state index in [0.29, 0.717) is 30.2 Å². The first-order valence-corrected chi connectivity index (χ1v) is 8.56. The van der Waals surface area contributed by atoms with Gasteiger partial charge in [-0.05, 0) is 30.3 Å². The summed E-state index contributed by atoms with van der Waals surface area (Å²) < 4.78 is 32.7. The number of nitrogens with one attached hydrogen (secondary N) is 1. The topological polar surface area (TPSA) is 75.7 Å². The Morgan fingerprint density at radius 1 is 1.13 bits per heavy atom. The molecule has 2 aromatic rings. The van der Waals surface area contributed by atoms with Crippen molar-refractivity contribution in [1.82, 2.24) is 4.90 Å². The van der Waals surface area contributed by atoms with Crippen molar-refractivity contribution >= 4 is 21.6 Å². The van der Waals surface area contributed by atoms with E-state index in [1.165, 1.54) is 18.2 Å². The van der Waals surface area contributed by atoms with Crippen molar-refractivity contribution < 1.29 is 17.9 Å². The molecule has 1 amide bonds. The average molecular weight is 332 g/mol. The first kappa shape index (κ1) is 15.4. The molecule has 0 radical (unpaired) electrons. The number of ether oxygens (including phenoxy) is 1. The van der Waals surface area contributed by atoms with Crippen LogP contribution in [0.15, 0.2) is 53.4 Å². The quantitative estimate of drug-likeness (QED) is 0.932. The standard InChI is InChI=1S/C16H16N2O4S/c1-18-9-10-22-15-8-7-12(11-14(15)16(18)19)17-23(20,21)13-5-3-2-4-6-13/h2-8,11,17H,9-10H2,1H3. The van der Waals surface area contributed by atoms with E-state index in [1.54, 1.807) is 42.3 Å². The van der Waals surface area contributed by atoms with Gasteiger partial charge in [0.25, 0.3) is 15.9 Å². The van der Waals surface area contributed by atoms with E-state index in [9.17, 15) is 13.2 Å². The van der Waals surface area contributed by atoms with Crippen LogP contribution >= 0.6 is 0 Å². The second-order valence-corrected chi connectivity index (χ2v) is 6.89. The number of amides is 1. The summed E-state index contributed by atoms with van der Waals surface area (Å²) in [6.07, 6.45) is 0. The summed E-state index contributed by atoms with van der Waals surface area (Å²) in [6, 6.07) is 12.7. The Balaban J connectivity index is 1.94. The minimum atomic E-state index is -3.70. The fourth-order valence-electron chi connectivity index (χ4n) is 2.30. The van der Waals surface area contributed by atoms with E-state index < -0.39 is 10.0 Å². The molecule has 3 rings (SSSR count). The molecule has 0 atom stereocenters. The van der Waals surface area contributed by atoms with E-state index in [0.717, 1.165) is 0 Å². The smallest absolute Gasteiger partial charge is 0.261 e. The molecule has 1 N–H and O–H groups in total. The second kappa shape index (κ2) is 5.92. The van der Waals surface area contributed by atoms with Crippen molar-refractivity contribution in [3.05, 3.63) is 54.1 Å². The lowest BCUT2D eigenvalue weighted by Gasteiger charge is -2.13. The lowest BCUT2D eigenvalue weighted by molar-refractivity contribution is 0.0797. The fraction of sp³-hybridized carbons (Fsp3) is 0.188. The summed E-state index contributed by atoms with van der Waals surface area (Å²) in [5.41, 5.74) is 0.665. The SMILES string of the molecule is CN1CCOc2ccc(NS(=O)(=O)c3ccccc3)cc2C1=O. The van der Waals surface area contributed by atoms with Crippen LogP contribution in [0.5, 0.6) is 5.75 Å². The maximum Gasteiger partial charge on any atom is 0.261 e. The summed E-state index contributed by atoms with van der Waals surface area (Å²) >= 11 is 0. The molecule has 7 heteroatoms. The van der Waals surface area contributed by atoms with Crippen molar-refractivity contribution in [2.45, 2.75) is 4.90 Å². The largest absolute Gasteiger partial charge is 0.491 e. The fourth-order valence-corrected chi connectivity index (χ4v) is 3.37. The minimum absolute atomic E-state index is 0.162. The zero-order chi connectivity index (χ0) is 16.4. The Hall–Kier alpha value is -2.54. The summed E-state index contributed by atoms with van der Waals surface area (Å²) in [7, 11) is -2.01. The van der Waals surface area contributed by atoms with Gasteiger partial charge in [0.15, 0.2) is 0 Å². The molecule has 0 saturated heterocycles. The zero-order valence-electron chi connectivity index (χ0n) is 12.5. The van der Waals surface area contributed by atoms with Gasteiger partial charge in [0.1, 0.15) is 12.4 Å². The van der Waals surface area contributed by atoms with E-state index in [-0.39, 0.29) is 10.8 Å². The number of hydrogen-bond donors (Lipinski definition) is 1. The van der Waals surface area contributed by atoms with Gasteiger partial charge in [-0.25, -0.2) is 8.42 Å². The minimum Gasteiger partial charge on any atom is -0.491 e. The van der Waals surface area contributed by atoms with Crippen LogP contribution in [0.2, 0.25) is 0 Å². The highest BCUT2D eigenvalue weighted by Gasteiger charge is 2.22. The molecule has 23 heavy (non-hydrogen) atoms. The molecule has 1 aliphatic rings. The van der Waals surface area contributed by atoms with E-state index >= 15 is 0 Å². The number of benzene rings is 2. The molecule has 2 aromatic carbocycles. The van der Waals surface area contributed by atoms with Crippen molar-refractivity contribution in [2.24, 2.45) is 0 Å². The molecule has 6 nitrogen and oxygen atoms in total. The van der Waals surface area contributed by atoms with Gasteiger partial charge in [-0.2, -0.15) is 0 Å². The Kier molecular flexibility index (Phi) is 3.96. The van der Waals surface area contributed by atoms with Crippen molar-refractivity contribution in [3.63, 3.8) is 0 Å². The third kappa shape index (κ3) is 3.14. The number of likely N-dealkylation sites (N-methyl/N-ethyl adjacent to an activating group) is 1. The molecule has 0 spiro atoms. The van der Waals surface area contributed by atoms with E-state index in [2.05, 4.69) is 4.72 Å². The first-order valence-electron chi connectivity index (χ1n) is 7.07. The monoisotopic (exact) mass is 332 g/mol. The summed E-state index contributed by atoms with van der Waals surface area (Å²) in [6.45, 7) is 0.892. The van der Waals surface area contributed by atoms with Crippen molar-refractivity contribution in [1.29, 1.82) is 0 Å². The molecule has 0 fully saturated rings. The van der Waals surface area contributed by atoms with Gasteiger partial charge in [-0.1, -0.05) is 18.2 Å². The molecule has 1 aliphatic heterocycles. The van der Waals surface area contributed by atoms with Crippen LogP contribution < -0.4 is 9.46 Å². The first-order chi connectivity index (χ1) is 11.0. The van der Waals surface area contributed by atoms with Gasteiger partial charge in [-0.15, -0.1) is 0 Å². The summed E-state index contributed by atoms with van der Waals surface area (Å²) in [5, 5.41) is 0. The number of carbonyl (C=O) groups is 1. The van der Waals surface area contributed by atoms with Crippen LogP contribution in [-0.4, -0.2) is 39.4 Å². The van der Waals surface area contributed by atoms with Crippen molar-refractivity contribution in [3.8, 4) is 5.75 Å². The predicted molar refractivity (Wildman–Crippen MR) is 86.1 cm³/mol. The number of hydrogen-bond acceptors (Lipinski definition) is 4. The number of sulfonamides is 1. The van der Waals surface area contributed by atoms with Crippen LogP contribution in [-0.2, 0) is 10.0 Å². The number of anilines is 1. The van der Waals surface area contributed by atoms with E-state index in [4.69, 9.17) is 4.74 Å².